The van der Waals surface area contributed by atoms with Gasteiger partial charge in [0.2, 0.25) is 5.95 Å². The number of anilines is 3. The van der Waals surface area contributed by atoms with E-state index >= 15 is 0 Å². The van der Waals surface area contributed by atoms with Crippen molar-refractivity contribution in [1.29, 1.82) is 0 Å². The molecule has 1 heterocycles. The van der Waals surface area contributed by atoms with Crippen molar-refractivity contribution in [3.63, 3.8) is 0 Å². The van der Waals surface area contributed by atoms with Crippen molar-refractivity contribution in [2.24, 2.45) is 0 Å². The molecule has 2 aromatic carbocycles. The van der Waals surface area contributed by atoms with Gasteiger partial charge in [-0.2, -0.15) is 0 Å². The molecule has 0 saturated carbocycles. The average Bonchev–Trinajstić information content (AvgIpc) is 2.74. The maximum Gasteiger partial charge on any atom is 0.339 e. The van der Waals surface area contributed by atoms with E-state index in [9.17, 15) is 9.59 Å². The van der Waals surface area contributed by atoms with Crippen LogP contribution in [-0.2, 0) is 4.74 Å². The molecule has 0 spiro atoms. The lowest BCUT2D eigenvalue weighted by Gasteiger charge is -2.10. The van der Waals surface area contributed by atoms with E-state index in [0.717, 1.165) is 0 Å². The summed E-state index contributed by atoms with van der Waals surface area (Å²) in [5.41, 5.74) is 3.11. The molecule has 7 heteroatoms. The van der Waals surface area contributed by atoms with Crippen LogP contribution in [0, 0.1) is 0 Å². The zero-order valence-electron chi connectivity index (χ0n) is 16.5. The molecular weight excluding hydrogens is 368 g/mol. The first kappa shape index (κ1) is 20.0. The standard InChI is InChI=1S/C22H22N4O3/c1-14(2)15-8-10-17(11-9-15)25-20(27)16-12-23-22(24-13-16)26-19-7-5-4-6-18(19)21(28)29-3/h4-14H,1-3H3,(H,25,27)(H,23,24,26). The van der Waals surface area contributed by atoms with Crippen LogP contribution in [0.4, 0.5) is 17.3 Å². The number of benzene rings is 2. The van der Waals surface area contributed by atoms with Crippen molar-refractivity contribution in [1.82, 2.24) is 9.97 Å². The first-order chi connectivity index (χ1) is 14.0. The minimum absolute atomic E-state index is 0.263. The second kappa shape index (κ2) is 8.97. The number of esters is 1. The molecule has 0 aliphatic rings. The molecular formula is C22H22N4O3. The summed E-state index contributed by atoms with van der Waals surface area (Å²) in [5, 5.41) is 5.79. The van der Waals surface area contributed by atoms with Gasteiger partial charge in [0.25, 0.3) is 5.91 Å². The third-order valence-electron chi connectivity index (χ3n) is 4.33. The van der Waals surface area contributed by atoms with E-state index in [1.54, 1.807) is 24.3 Å². The van der Waals surface area contributed by atoms with Crippen LogP contribution < -0.4 is 10.6 Å². The quantitative estimate of drug-likeness (QED) is 0.607. The third-order valence-corrected chi connectivity index (χ3v) is 4.33. The Labute approximate surface area is 169 Å². The molecule has 0 atom stereocenters. The fourth-order valence-corrected chi connectivity index (χ4v) is 2.66. The maximum absolute atomic E-state index is 12.4. The van der Waals surface area contributed by atoms with E-state index in [2.05, 4.69) is 34.4 Å². The van der Waals surface area contributed by atoms with Crippen LogP contribution in [0.3, 0.4) is 0 Å². The van der Waals surface area contributed by atoms with Crippen molar-refractivity contribution in [2.45, 2.75) is 19.8 Å². The van der Waals surface area contributed by atoms with Crippen LogP contribution in [0.2, 0.25) is 0 Å². The van der Waals surface area contributed by atoms with E-state index < -0.39 is 5.97 Å². The van der Waals surface area contributed by atoms with E-state index in [1.165, 1.54) is 25.1 Å². The van der Waals surface area contributed by atoms with Crippen LogP contribution in [0.25, 0.3) is 0 Å². The summed E-state index contributed by atoms with van der Waals surface area (Å²) < 4.78 is 4.77. The first-order valence-electron chi connectivity index (χ1n) is 9.15. The number of carbonyl (C=O) groups excluding carboxylic acids is 2. The molecule has 0 bridgehead atoms. The van der Waals surface area contributed by atoms with Crippen molar-refractivity contribution < 1.29 is 14.3 Å². The number of para-hydroxylation sites is 1. The number of aromatic nitrogens is 2. The number of rotatable bonds is 6. The van der Waals surface area contributed by atoms with Gasteiger partial charge < -0.3 is 15.4 Å². The van der Waals surface area contributed by atoms with Crippen LogP contribution in [-0.4, -0.2) is 29.0 Å². The molecule has 148 valence electrons. The summed E-state index contributed by atoms with van der Waals surface area (Å²) in [6, 6.07) is 14.6. The summed E-state index contributed by atoms with van der Waals surface area (Å²) in [6.45, 7) is 4.23. The molecule has 0 saturated heterocycles. The van der Waals surface area contributed by atoms with Crippen molar-refractivity contribution in [2.75, 3.05) is 17.7 Å². The number of nitrogens with one attached hydrogen (secondary N) is 2. The van der Waals surface area contributed by atoms with Crippen molar-refractivity contribution in [3.8, 4) is 0 Å². The number of carbonyl (C=O) groups is 2. The highest BCUT2D eigenvalue weighted by molar-refractivity contribution is 6.04. The van der Waals surface area contributed by atoms with Gasteiger partial charge in [0.05, 0.1) is 23.9 Å². The fraction of sp³-hybridized carbons (Fsp3) is 0.182. The Balaban J connectivity index is 1.69. The largest absolute Gasteiger partial charge is 0.465 e. The third kappa shape index (κ3) is 4.95. The predicted octanol–water partition coefficient (Wildman–Crippen LogP) is 4.38. The van der Waals surface area contributed by atoms with E-state index in [1.807, 2.05) is 24.3 Å². The number of methoxy groups -OCH3 is 1. The lowest BCUT2D eigenvalue weighted by molar-refractivity contribution is 0.0601. The molecule has 0 aliphatic heterocycles. The Morgan fingerprint density at radius 2 is 1.62 bits per heavy atom. The molecule has 3 aromatic rings. The first-order valence-corrected chi connectivity index (χ1v) is 9.15. The van der Waals surface area contributed by atoms with Gasteiger partial charge in [0.1, 0.15) is 0 Å². The van der Waals surface area contributed by atoms with Crippen LogP contribution >= 0.6 is 0 Å². The number of nitrogens with zero attached hydrogens (tertiary/aromatic N) is 2. The number of amides is 1. The van der Waals surface area contributed by atoms with Gasteiger partial charge in [-0.15, -0.1) is 0 Å². The second-order valence-corrected chi connectivity index (χ2v) is 6.69. The number of hydrogen-bond donors (Lipinski definition) is 2. The highest BCUT2D eigenvalue weighted by Crippen LogP contribution is 2.20. The lowest BCUT2D eigenvalue weighted by atomic mass is 10.0. The minimum atomic E-state index is -0.465. The second-order valence-electron chi connectivity index (χ2n) is 6.69. The van der Waals surface area contributed by atoms with Crippen LogP contribution in [0.5, 0.6) is 0 Å². The molecule has 1 aromatic heterocycles. The number of hydrogen-bond acceptors (Lipinski definition) is 6. The zero-order valence-corrected chi connectivity index (χ0v) is 16.5. The Bertz CT molecular complexity index is 999. The summed E-state index contributed by atoms with van der Waals surface area (Å²) in [6.07, 6.45) is 2.85. The molecule has 3 rings (SSSR count). The van der Waals surface area contributed by atoms with E-state index in [-0.39, 0.29) is 11.9 Å². The van der Waals surface area contributed by atoms with Crippen LogP contribution in [0.15, 0.2) is 60.9 Å². The monoisotopic (exact) mass is 390 g/mol. The highest BCUT2D eigenvalue weighted by atomic mass is 16.5. The Kier molecular flexibility index (Phi) is 6.19. The highest BCUT2D eigenvalue weighted by Gasteiger charge is 2.13. The van der Waals surface area contributed by atoms with E-state index in [4.69, 9.17) is 4.74 Å². The Morgan fingerprint density at radius 3 is 2.24 bits per heavy atom. The zero-order chi connectivity index (χ0) is 20.8. The summed E-state index contributed by atoms with van der Waals surface area (Å²) in [5.74, 6) is -0.0758. The lowest BCUT2D eigenvalue weighted by Crippen LogP contribution is -2.13. The predicted molar refractivity (Wildman–Crippen MR) is 112 cm³/mol. The number of ether oxygens (including phenoxy) is 1. The molecule has 1 amide bonds. The van der Waals surface area contributed by atoms with E-state index in [0.29, 0.717) is 28.4 Å². The van der Waals surface area contributed by atoms with Gasteiger partial charge in [0, 0.05) is 18.1 Å². The Hall–Kier alpha value is -3.74. The molecule has 0 aliphatic carbocycles. The van der Waals surface area contributed by atoms with Gasteiger partial charge in [0.15, 0.2) is 0 Å². The maximum atomic E-state index is 12.4. The topological polar surface area (TPSA) is 93.2 Å². The van der Waals surface area contributed by atoms with Gasteiger partial charge in [-0.1, -0.05) is 38.1 Å². The molecule has 0 unspecified atom stereocenters. The fourth-order valence-electron chi connectivity index (χ4n) is 2.66. The summed E-state index contributed by atoms with van der Waals surface area (Å²) >= 11 is 0. The SMILES string of the molecule is COC(=O)c1ccccc1Nc1ncc(C(=O)Nc2ccc(C(C)C)cc2)cn1. The molecule has 29 heavy (non-hydrogen) atoms. The smallest absolute Gasteiger partial charge is 0.339 e. The minimum Gasteiger partial charge on any atom is -0.465 e. The molecule has 0 fully saturated rings. The van der Waals surface area contributed by atoms with Gasteiger partial charge >= 0.3 is 5.97 Å². The molecule has 0 radical (unpaired) electrons. The summed E-state index contributed by atoms with van der Waals surface area (Å²) in [4.78, 5) is 32.6. The summed E-state index contributed by atoms with van der Waals surface area (Å²) in [7, 11) is 1.32. The normalized spacial score (nSPS) is 10.5. The molecule has 7 nitrogen and oxygen atoms in total. The van der Waals surface area contributed by atoms with Crippen molar-refractivity contribution >= 4 is 29.2 Å². The average molecular weight is 390 g/mol. The molecule has 2 N–H and O–H groups in total. The Morgan fingerprint density at radius 1 is 0.966 bits per heavy atom. The van der Waals surface area contributed by atoms with Gasteiger partial charge in [-0.3, -0.25) is 4.79 Å². The van der Waals surface area contributed by atoms with Gasteiger partial charge in [-0.05, 0) is 35.7 Å². The van der Waals surface area contributed by atoms with Crippen LogP contribution in [0.1, 0.15) is 46.0 Å². The van der Waals surface area contributed by atoms with Gasteiger partial charge in [-0.25, -0.2) is 14.8 Å². The van der Waals surface area contributed by atoms with Crippen molar-refractivity contribution in [3.05, 3.63) is 77.6 Å².